The summed E-state index contributed by atoms with van der Waals surface area (Å²) in [6.07, 6.45) is 4.37. The Hall–Kier alpha value is -1.13. The van der Waals surface area contributed by atoms with E-state index in [0.717, 1.165) is 57.4 Å². The van der Waals surface area contributed by atoms with Gasteiger partial charge in [0.1, 0.15) is 5.82 Å². The molecule has 1 saturated heterocycles. The summed E-state index contributed by atoms with van der Waals surface area (Å²) in [6, 6.07) is 5.01. The van der Waals surface area contributed by atoms with Crippen molar-refractivity contribution < 1.29 is 9.18 Å². The summed E-state index contributed by atoms with van der Waals surface area (Å²) in [4.78, 5) is 14.0. The molecule has 22 heavy (non-hydrogen) atoms. The second-order valence-electron chi connectivity index (χ2n) is 6.51. The SMILES string of the molecule is O=C(NC[C@@H]1CCCN(Cc2ccc(Cl)c(F)c2)C1)C1CC1. The fourth-order valence-corrected chi connectivity index (χ4v) is 3.21. The minimum Gasteiger partial charge on any atom is -0.356 e. The molecule has 1 aliphatic carbocycles. The number of piperidine rings is 1. The van der Waals surface area contributed by atoms with Gasteiger partial charge in [-0.1, -0.05) is 17.7 Å². The van der Waals surface area contributed by atoms with Crippen molar-refractivity contribution in [2.45, 2.75) is 32.2 Å². The molecule has 5 heteroatoms. The lowest BCUT2D eigenvalue weighted by Crippen LogP contribution is -2.40. The van der Waals surface area contributed by atoms with Crippen molar-refractivity contribution in [3.63, 3.8) is 0 Å². The molecule has 1 saturated carbocycles. The van der Waals surface area contributed by atoms with Crippen LogP contribution in [0, 0.1) is 17.7 Å². The van der Waals surface area contributed by atoms with E-state index in [4.69, 9.17) is 11.6 Å². The van der Waals surface area contributed by atoms with E-state index in [1.807, 2.05) is 6.07 Å². The van der Waals surface area contributed by atoms with E-state index in [1.54, 1.807) is 6.07 Å². The van der Waals surface area contributed by atoms with Crippen LogP contribution in [0.5, 0.6) is 0 Å². The molecule has 2 fully saturated rings. The van der Waals surface area contributed by atoms with Crippen LogP contribution in [0.4, 0.5) is 4.39 Å². The molecule has 0 bridgehead atoms. The Morgan fingerprint density at radius 1 is 1.36 bits per heavy atom. The molecule has 0 unspecified atom stereocenters. The van der Waals surface area contributed by atoms with E-state index >= 15 is 0 Å². The van der Waals surface area contributed by atoms with Crippen molar-refractivity contribution in [3.8, 4) is 0 Å². The second kappa shape index (κ2) is 6.97. The summed E-state index contributed by atoms with van der Waals surface area (Å²) in [6.45, 7) is 3.48. The number of nitrogens with one attached hydrogen (secondary N) is 1. The van der Waals surface area contributed by atoms with Gasteiger partial charge in [0, 0.05) is 25.6 Å². The number of rotatable bonds is 5. The summed E-state index contributed by atoms with van der Waals surface area (Å²) >= 11 is 5.72. The Kier molecular flexibility index (Phi) is 4.99. The molecule has 1 N–H and O–H groups in total. The normalized spacial score (nSPS) is 22.5. The van der Waals surface area contributed by atoms with Crippen molar-refractivity contribution in [2.24, 2.45) is 11.8 Å². The number of hydrogen-bond acceptors (Lipinski definition) is 2. The van der Waals surface area contributed by atoms with Crippen molar-refractivity contribution in [1.82, 2.24) is 10.2 Å². The number of halogens is 2. The second-order valence-corrected chi connectivity index (χ2v) is 6.92. The first-order chi connectivity index (χ1) is 10.6. The lowest BCUT2D eigenvalue weighted by molar-refractivity contribution is -0.122. The molecular formula is C17H22ClFN2O. The van der Waals surface area contributed by atoms with Crippen LogP contribution in [0.25, 0.3) is 0 Å². The van der Waals surface area contributed by atoms with Crippen LogP contribution >= 0.6 is 11.6 Å². The average Bonchev–Trinajstić information content (AvgIpc) is 3.34. The molecule has 3 nitrogen and oxygen atoms in total. The number of nitrogens with zero attached hydrogens (tertiary/aromatic N) is 1. The summed E-state index contributed by atoms with van der Waals surface area (Å²) in [5, 5.41) is 3.24. The average molecular weight is 325 g/mol. The topological polar surface area (TPSA) is 32.3 Å². The third-order valence-corrected chi connectivity index (χ3v) is 4.81. The molecule has 1 aromatic rings. The zero-order chi connectivity index (χ0) is 15.5. The molecule has 1 aliphatic heterocycles. The van der Waals surface area contributed by atoms with Gasteiger partial charge < -0.3 is 5.32 Å². The highest BCUT2D eigenvalue weighted by Crippen LogP contribution is 2.29. The Balaban J connectivity index is 1.49. The van der Waals surface area contributed by atoms with Gasteiger partial charge in [-0.25, -0.2) is 4.39 Å². The number of amides is 1. The number of carbonyl (C=O) groups excluding carboxylic acids is 1. The molecule has 0 radical (unpaired) electrons. The maximum atomic E-state index is 13.5. The third-order valence-electron chi connectivity index (χ3n) is 4.51. The number of likely N-dealkylation sites (tertiary alicyclic amines) is 1. The van der Waals surface area contributed by atoms with Gasteiger partial charge in [-0.3, -0.25) is 9.69 Å². The van der Waals surface area contributed by atoms with Gasteiger partial charge in [-0.2, -0.15) is 0 Å². The summed E-state index contributed by atoms with van der Waals surface area (Å²) in [5.74, 6) is 0.631. The highest BCUT2D eigenvalue weighted by molar-refractivity contribution is 6.30. The van der Waals surface area contributed by atoms with Gasteiger partial charge in [0.15, 0.2) is 0 Å². The van der Waals surface area contributed by atoms with Crippen molar-refractivity contribution >= 4 is 17.5 Å². The number of benzene rings is 1. The molecule has 0 aromatic heterocycles. The van der Waals surface area contributed by atoms with E-state index in [2.05, 4.69) is 10.2 Å². The number of carbonyl (C=O) groups is 1. The molecule has 0 spiro atoms. The summed E-state index contributed by atoms with van der Waals surface area (Å²) in [7, 11) is 0. The van der Waals surface area contributed by atoms with Gasteiger partial charge in [0.25, 0.3) is 0 Å². The number of hydrogen-bond donors (Lipinski definition) is 1. The molecule has 1 heterocycles. The van der Waals surface area contributed by atoms with Crippen LogP contribution < -0.4 is 5.32 Å². The van der Waals surface area contributed by atoms with Crippen LogP contribution in [0.2, 0.25) is 5.02 Å². The Bertz CT molecular complexity index is 547. The molecule has 120 valence electrons. The first kappa shape index (κ1) is 15.8. The van der Waals surface area contributed by atoms with Gasteiger partial charge in [0.2, 0.25) is 5.91 Å². The highest BCUT2D eigenvalue weighted by atomic mass is 35.5. The van der Waals surface area contributed by atoms with Crippen molar-refractivity contribution in [1.29, 1.82) is 0 Å². The fourth-order valence-electron chi connectivity index (χ4n) is 3.09. The predicted molar refractivity (Wildman–Crippen MR) is 85.1 cm³/mol. The van der Waals surface area contributed by atoms with Crippen LogP contribution in [-0.4, -0.2) is 30.4 Å². The Morgan fingerprint density at radius 3 is 2.91 bits per heavy atom. The minimum atomic E-state index is -0.357. The van der Waals surface area contributed by atoms with Crippen LogP contribution in [0.3, 0.4) is 0 Å². The summed E-state index contributed by atoms with van der Waals surface area (Å²) in [5.41, 5.74) is 0.949. The van der Waals surface area contributed by atoms with Crippen LogP contribution in [0.1, 0.15) is 31.2 Å². The van der Waals surface area contributed by atoms with Gasteiger partial charge in [-0.15, -0.1) is 0 Å². The van der Waals surface area contributed by atoms with Crippen molar-refractivity contribution in [3.05, 3.63) is 34.6 Å². The first-order valence-electron chi connectivity index (χ1n) is 8.06. The van der Waals surface area contributed by atoms with E-state index in [-0.39, 0.29) is 22.7 Å². The fraction of sp³-hybridized carbons (Fsp3) is 0.588. The maximum Gasteiger partial charge on any atom is 0.223 e. The molecule has 2 aliphatic rings. The Morgan fingerprint density at radius 2 is 2.18 bits per heavy atom. The lowest BCUT2D eigenvalue weighted by atomic mass is 9.97. The third kappa shape index (κ3) is 4.20. The monoisotopic (exact) mass is 324 g/mol. The zero-order valence-electron chi connectivity index (χ0n) is 12.7. The smallest absolute Gasteiger partial charge is 0.223 e. The molecule has 1 atom stereocenters. The van der Waals surface area contributed by atoms with Gasteiger partial charge in [0.05, 0.1) is 5.02 Å². The minimum absolute atomic E-state index is 0.169. The lowest BCUT2D eigenvalue weighted by Gasteiger charge is -2.32. The maximum absolute atomic E-state index is 13.5. The molecule has 1 amide bonds. The van der Waals surface area contributed by atoms with E-state index in [1.165, 1.54) is 6.07 Å². The predicted octanol–water partition coefficient (Wildman–Crippen LogP) is 3.22. The van der Waals surface area contributed by atoms with E-state index < -0.39 is 0 Å². The first-order valence-corrected chi connectivity index (χ1v) is 8.43. The van der Waals surface area contributed by atoms with Gasteiger partial charge >= 0.3 is 0 Å². The van der Waals surface area contributed by atoms with Crippen molar-refractivity contribution in [2.75, 3.05) is 19.6 Å². The highest BCUT2D eigenvalue weighted by Gasteiger charge is 2.30. The zero-order valence-corrected chi connectivity index (χ0v) is 13.4. The Labute approximate surface area is 135 Å². The quantitative estimate of drug-likeness (QED) is 0.902. The molecule has 3 rings (SSSR count). The van der Waals surface area contributed by atoms with Crippen LogP contribution in [0.15, 0.2) is 18.2 Å². The van der Waals surface area contributed by atoms with Crippen LogP contribution in [-0.2, 0) is 11.3 Å². The standard InChI is InChI=1S/C17H22ClFN2O/c18-15-6-3-12(8-16(15)19)10-21-7-1-2-13(11-21)9-20-17(22)14-4-5-14/h3,6,8,13-14H,1-2,4-5,7,9-11H2,(H,20,22)/t13-/m0/s1. The van der Waals surface area contributed by atoms with Gasteiger partial charge in [-0.05, 0) is 55.8 Å². The molecule has 1 aromatic carbocycles. The largest absolute Gasteiger partial charge is 0.356 e. The molecular weight excluding hydrogens is 303 g/mol. The van der Waals surface area contributed by atoms with E-state index in [0.29, 0.717) is 5.92 Å². The van der Waals surface area contributed by atoms with E-state index in [9.17, 15) is 9.18 Å². The summed E-state index contributed by atoms with van der Waals surface area (Å²) < 4.78 is 13.5.